The molecule has 4 aromatic carbocycles. The number of anilines is 3. The molecular weight excluding hydrogens is 487 g/mol. The lowest BCUT2D eigenvalue weighted by molar-refractivity contribution is 0.250. The fourth-order valence-corrected chi connectivity index (χ4v) is 3.61. The second kappa shape index (κ2) is 12.8. The number of halogens is 1. The van der Waals surface area contributed by atoms with Crippen LogP contribution in [-0.2, 0) is 0 Å². The molecule has 4 rings (SSSR count). The summed E-state index contributed by atoms with van der Waals surface area (Å²) in [5.41, 5.74) is 1.09. The van der Waals surface area contributed by atoms with E-state index in [2.05, 4.69) is 16.0 Å². The largest absolute Gasteiger partial charge is 0.495 e. The van der Waals surface area contributed by atoms with Crippen LogP contribution in [0, 0.1) is 5.82 Å². The number of para-hydroxylation sites is 4. The Morgan fingerprint density at radius 2 is 1.39 bits per heavy atom. The van der Waals surface area contributed by atoms with Crippen LogP contribution in [0.3, 0.4) is 0 Å². The van der Waals surface area contributed by atoms with Crippen molar-refractivity contribution in [1.82, 2.24) is 5.32 Å². The van der Waals surface area contributed by atoms with Gasteiger partial charge in [0.15, 0.2) is 0 Å². The molecule has 0 aliphatic carbocycles. The number of methoxy groups -OCH3 is 1. The van der Waals surface area contributed by atoms with Gasteiger partial charge in [-0.2, -0.15) is 0 Å². The summed E-state index contributed by atoms with van der Waals surface area (Å²) in [6.07, 6.45) is 0. The predicted octanol–water partition coefficient (Wildman–Crippen LogP) is 6.49. The lowest BCUT2D eigenvalue weighted by Gasteiger charge is -2.24. The molecule has 0 fully saturated rings. The molecule has 0 aliphatic rings. The van der Waals surface area contributed by atoms with Crippen molar-refractivity contribution in [3.63, 3.8) is 0 Å². The first-order valence-electron chi connectivity index (χ1n) is 11.9. The minimum absolute atomic E-state index is 0.0494. The quantitative estimate of drug-likeness (QED) is 0.238. The summed E-state index contributed by atoms with van der Waals surface area (Å²) in [6, 6.07) is 28.1. The zero-order chi connectivity index (χ0) is 26.7. The van der Waals surface area contributed by atoms with Gasteiger partial charge in [0.25, 0.3) is 0 Å². The molecule has 3 N–H and O–H groups in total. The molecule has 8 nitrogen and oxygen atoms in total. The molecule has 0 spiro atoms. The molecule has 0 aliphatic heterocycles. The monoisotopic (exact) mass is 514 g/mol. The Morgan fingerprint density at radius 1 is 0.763 bits per heavy atom. The third kappa shape index (κ3) is 7.01. The van der Waals surface area contributed by atoms with E-state index in [0.29, 0.717) is 28.6 Å². The lowest BCUT2D eigenvalue weighted by atomic mass is 10.2. The molecule has 194 valence electrons. The first-order chi connectivity index (χ1) is 18.5. The second-order valence-corrected chi connectivity index (χ2v) is 8.05. The fourth-order valence-electron chi connectivity index (χ4n) is 3.61. The van der Waals surface area contributed by atoms with Gasteiger partial charge >= 0.3 is 12.1 Å². The van der Waals surface area contributed by atoms with E-state index in [1.807, 2.05) is 30.3 Å². The van der Waals surface area contributed by atoms with Crippen molar-refractivity contribution < 1.29 is 23.5 Å². The van der Waals surface area contributed by atoms with Gasteiger partial charge in [0.2, 0.25) is 0 Å². The SMILES string of the molecule is COc1ccccc1NC(=O)NCCN(C(=O)Nc1ccccc1F)c1ccc(Oc2ccccc2)cc1. The third-order valence-corrected chi connectivity index (χ3v) is 5.46. The number of nitrogens with zero attached hydrogens (tertiary/aromatic N) is 1. The van der Waals surface area contributed by atoms with Gasteiger partial charge in [-0.1, -0.05) is 42.5 Å². The number of ether oxygens (including phenoxy) is 2. The molecular formula is C29H27FN4O4. The van der Waals surface area contributed by atoms with Crippen molar-refractivity contribution in [2.45, 2.75) is 0 Å². The van der Waals surface area contributed by atoms with Gasteiger partial charge in [0, 0.05) is 18.8 Å². The molecule has 0 saturated carbocycles. The van der Waals surface area contributed by atoms with Crippen LogP contribution in [0.2, 0.25) is 0 Å². The maximum absolute atomic E-state index is 14.2. The molecule has 4 amide bonds. The Kier molecular flexibility index (Phi) is 8.75. The number of carbonyl (C=O) groups excluding carboxylic acids is 2. The van der Waals surface area contributed by atoms with Gasteiger partial charge in [0.1, 0.15) is 23.1 Å². The number of nitrogens with one attached hydrogen (secondary N) is 3. The minimum atomic E-state index is -0.557. The van der Waals surface area contributed by atoms with Crippen LogP contribution >= 0.6 is 0 Å². The number of benzene rings is 4. The van der Waals surface area contributed by atoms with Crippen LogP contribution in [-0.4, -0.2) is 32.3 Å². The number of rotatable bonds is 9. The van der Waals surface area contributed by atoms with E-state index >= 15 is 0 Å². The van der Waals surface area contributed by atoms with Crippen molar-refractivity contribution in [2.75, 3.05) is 35.7 Å². The van der Waals surface area contributed by atoms with E-state index in [-0.39, 0.29) is 18.8 Å². The fraction of sp³-hybridized carbons (Fsp3) is 0.103. The van der Waals surface area contributed by atoms with Gasteiger partial charge in [-0.15, -0.1) is 0 Å². The van der Waals surface area contributed by atoms with Crippen molar-refractivity contribution in [1.29, 1.82) is 0 Å². The normalized spacial score (nSPS) is 10.3. The summed E-state index contributed by atoms with van der Waals surface area (Å²) in [5, 5.41) is 8.04. The highest BCUT2D eigenvalue weighted by Gasteiger charge is 2.18. The lowest BCUT2D eigenvalue weighted by Crippen LogP contribution is -2.42. The molecule has 38 heavy (non-hydrogen) atoms. The average molecular weight is 515 g/mol. The topological polar surface area (TPSA) is 91.9 Å². The third-order valence-electron chi connectivity index (χ3n) is 5.46. The zero-order valence-electron chi connectivity index (χ0n) is 20.7. The number of hydrogen-bond donors (Lipinski definition) is 3. The van der Waals surface area contributed by atoms with Crippen LogP contribution in [0.1, 0.15) is 0 Å². The summed E-state index contributed by atoms with van der Waals surface area (Å²) >= 11 is 0. The first kappa shape index (κ1) is 26.0. The molecule has 0 unspecified atom stereocenters. The van der Waals surface area contributed by atoms with Crippen LogP contribution in [0.5, 0.6) is 17.2 Å². The Balaban J connectivity index is 1.45. The first-order valence-corrected chi connectivity index (χ1v) is 11.9. The number of amides is 4. The predicted molar refractivity (Wildman–Crippen MR) is 146 cm³/mol. The summed E-state index contributed by atoms with van der Waals surface area (Å²) in [6.45, 7) is 0.229. The van der Waals surface area contributed by atoms with Crippen molar-refractivity contribution in [2.24, 2.45) is 0 Å². The van der Waals surface area contributed by atoms with E-state index in [4.69, 9.17) is 9.47 Å². The van der Waals surface area contributed by atoms with E-state index in [1.54, 1.807) is 60.7 Å². The van der Waals surface area contributed by atoms with Crippen LogP contribution in [0.4, 0.5) is 31.0 Å². The van der Waals surface area contributed by atoms with Crippen molar-refractivity contribution >= 4 is 29.1 Å². The maximum Gasteiger partial charge on any atom is 0.326 e. The number of carbonyl (C=O) groups is 2. The van der Waals surface area contributed by atoms with Gasteiger partial charge in [-0.25, -0.2) is 14.0 Å². The molecule has 0 bridgehead atoms. The smallest absolute Gasteiger partial charge is 0.326 e. The molecule has 4 aromatic rings. The molecule has 0 saturated heterocycles. The standard InChI is InChI=1S/C29H27FN4O4/c1-37-27-14-8-7-13-26(27)32-28(35)31-19-20-34(29(36)33-25-12-6-5-11-24(25)30)21-15-17-23(18-16-21)38-22-9-3-2-4-10-22/h2-18H,19-20H2,1H3,(H,33,36)(H2,31,32,35). The van der Waals surface area contributed by atoms with E-state index < -0.39 is 17.9 Å². The summed E-state index contributed by atoms with van der Waals surface area (Å²) in [4.78, 5) is 27.0. The van der Waals surface area contributed by atoms with E-state index in [0.717, 1.165) is 0 Å². The zero-order valence-corrected chi connectivity index (χ0v) is 20.7. The molecule has 0 heterocycles. The average Bonchev–Trinajstić information content (AvgIpc) is 2.94. The molecule has 0 atom stereocenters. The van der Waals surface area contributed by atoms with Gasteiger partial charge in [-0.3, -0.25) is 4.90 Å². The summed E-state index contributed by atoms with van der Waals surface area (Å²) in [7, 11) is 1.51. The minimum Gasteiger partial charge on any atom is -0.495 e. The van der Waals surface area contributed by atoms with Gasteiger partial charge in [0.05, 0.1) is 18.5 Å². The van der Waals surface area contributed by atoms with Crippen molar-refractivity contribution in [3.05, 3.63) is 109 Å². The van der Waals surface area contributed by atoms with Crippen molar-refractivity contribution in [3.8, 4) is 17.2 Å². The van der Waals surface area contributed by atoms with Gasteiger partial charge in [-0.05, 0) is 60.7 Å². The highest BCUT2D eigenvalue weighted by Crippen LogP contribution is 2.25. The highest BCUT2D eigenvalue weighted by molar-refractivity contribution is 6.02. The van der Waals surface area contributed by atoms with E-state index in [9.17, 15) is 14.0 Å². The Morgan fingerprint density at radius 3 is 2.11 bits per heavy atom. The molecule has 0 radical (unpaired) electrons. The van der Waals surface area contributed by atoms with Gasteiger partial charge < -0.3 is 25.4 Å². The molecule has 9 heteroatoms. The van der Waals surface area contributed by atoms with Crippen LogP contribution < -0.4 is 30.3 Å². The van der Waals surface area contributed by atoms with E-state index in [1.165, 1.54) is 24.1 Å². The van der Waals surface area contributed by atoms with Crippen LogP contribution in [0.25, 0.3) is 0 Å². The maximum atomic E-state index is 14.2. The summed E-state index contributed by atoms with van der Waals surface area (Å²) < 4.78 is 25.3. The molecule has 0 aromatic heterocycles. The van der Waals surface area contributed by atoms with Crippen LogP contribution in [0.15, 0.2) is 103 Å². The second-order valence-electron chi connectivity index (χ2n) is 8.05. The Labute approximate surface area is 220 Å². The Bertz CT molecular complexity index is 1370. The highest BCUT2D eigenvalue weighted by atomic mass is 19.1. The summed E-state index contributed by atoms with van der Waals surface area (Å²) in [5.74, 6) is 1.23. The number of hydrogen-bond acceptors (Lipinski definition) is 4. The Hall–Kier alpha value is -5.05. The number of urea groups is 2.